The first-order valence-electron chi connectivity index (χ1n) is 10.2. The molecule has 0 saturated carbocycles. The Morgan fingerprint density at radius 2 is 2.00 bits per heavy atom. The summed E-state index contributed by atoms with van der Waals surface area (Å²) in [6.07, 6.45) is 7.55. The van der Waals surface area contributed by atoms with Gasteiger partial charge in [0.2, 0.25) is 0 Å². The molecule has 0 unspecified atom stereocenters. The predicted molar refractivity (Wildman–Crippen MR) is 112 cm³/mol. The molecule has 6 rings (SSSR count). The fraction of sp³-hybridized carbons (Fsp3) is 0.417. The predicted octanol–water partition coefficient (Wildman–Crippen LogP) is 2.96. The van der Waals surface area contributed by atoms with E-state index in [1.54, 1.807) is 7.11 Å². The van der Waals surface area contributed by atoms with Crippen LogP contribution in [-0.4, -0.2) is 52.7 Å². The van der Waals surface area contributed by atoms with Gasteiger partial charge < -0.3 is 0 Å². The number of ether oxygens (including phenoxy) is 2. The number of methoxy groups -OCH3 is 1. The number of nitrogens with zero attached hydrogens (tertiary/aromatic N) is 1. The summed E-state index contributed by atoms with van der Waals surface area (Å²) < 4.78 is 14.0. The molecular formula is C24H25NO2Se. The van der Waals surface area contributed by atoms with Gasteiger partial charge in [0.05, 0.1) is 0 Å². The zero-order chi connectivity index (χ0) is 18.9. The molecule has 0 amide bonds. The van der Waals surface area contributed by atoms with Crippen molar-refractivity contribution in [3.8, 4) is 11.5 Å². The molecule has 2 aliphatic heterocycles. The zero-order valence-corrected chi connectivity index (χ0v) is 18.0. The monoisotopic (exact) mass is 439 g/mol. The molecule has 5 atom stereocenters. The van der Waals surface area contributed by atoms with E-state index in [4.69, 9.17) is 9.47 Å². The summed E-state index contributed by atoms with van der Waals surface area (Å²) in [5.74, 6) is 2.49. The van der Waals surface area contributed by atoms with Gasteiger partial charge in [0.15, 0.2) is 0 Å². The average Bonchev–Trinajstić information content (AvgIpc) is 3.08. The van der Waals surface area contributed by atoms with Crippen molar-refractivity contribution in [2.45, 2.75) is 35.2 Å². The molecule has 1 spiro atoms. The summed E-state index contributed by atoms with van der Waals surface area (Å²) >= 11 is 0.355. The molecule has 2 bridgehead atoms. The third kappa shape index (κ3) is 2.14. The van der Waals surface area contributed by atoms with Gasteiger partial charge in [0, 0.05) is 0 Å². The summed E-state index contributed by atoms with van der Waals surface area (Å²) in [5, 5.41) is 0. The van der Waals surface area contributed by atoms with Gasteiger partial charge in [-0.05, 0) is 0 Å². The maximum atomic E-state index is 6.84. The second kappa shape index (κ2) is 6.13. The van der Waals surface area contributed by atoms with Gasteiger partial charge in [-0.25, -0.2) is 0 Å². The number of likely N-dealkylation sites (N-methyl/N-ethyl adjacent to an activating group) is 1. The van der Waals surface area contributed by atoms with Crippen molar-refractivity contribution < 1.29 is 9.47 Å². The Bertz CT molecular complexity index is 959. The standard InChI is InChI=1S/C24H25NO2Se/c1-25-13-12-24-17-9-11-20(28-16-6-4-3-5-7-16)23(24)27-22-19(26-2)10-8-15(21(22)24)14-18(17)25/h3-11,17-18,20,23H,12-14H2,1-2H3/t17-,18+,20+,23-,24-/m0/s1. The van der Waals surface area contributed by atoms with Crippen molar-refractivity contribution in [3.63, 3.8) is 0 Å². The summed E-state index contributed by atoms with van der Waals surface area (Å²) in [4.78, 5) is 3.03. The Balaban J connectivity index is 1.52. The quantitative estimate of drug-likeness (QED) is 0.544. The van der Waals surface area contributed by atoms with E-state index in [9.17, 15) is 0 Å². The van der Waals surface area contributed by atoms with Gasteiger partial charge in [-0.3, -0.25) is 0 Å². The van der Waals surface area contributed by atoms with Gasteiger partial charge in [0.1, 0.15) is 0 Å². The van der Waals surface area contributed by atoms with Gasteiger partial charge in [-0.2, -0.15) is 0 Å². The van der Waals surface area contributed by atoms with Crippen LogP contribution in [0.15, 0.2) is 54.6 Å². The Morgan fingerprint density at radius 3 is 2.82 bits per heavy atom. The average molecular weight is 438 g/mol. The second-order valence-electron chi connectivity index (χ2n) is 8.52. The molecule has 144 valence electrons. The fourth-order valence-corrected chi connectivity index (χ4v) is 8.69. The molecule has 28 heavy (non-hydrogen) atoms. The van der Waals surface area contributed by atoms with E-state index in [0.717, 1.165) is 24.5 Å². The summed E-state index contributed by atoms with van der Waals surface area (Å²) in [6.45, 7) is 1.15. The number of piperidine rings is 1. The van der Waals surface area contributed by atoms with Crippen LogP contribution in [0.5, 0.6) is 11.5 Å². The van der Waals surface area contributed by atoms with E-state index in [-0.39, 0.29) is 11.5 Å². The van der Waals surface area contributed by atoms with Crippen LogP contribution in [0.4, 0.5) is 0 Å². The van der Waals surface area contributed by atoms with Crippen molar-refractivity contribution in [1.29, 1.82) is 0 Å². The Morgan fingerprint density at radius 1 is 1.14 bits per heavy atom. The SMILES string of the molecule is COc1ccc2c3c1O[C@H]1[C@H]([Se]c4ccccc4)C=C[C@H]4[C@@H](C2)N(C)CC[C@@]341. The molecule has 0 N–H and O–H groups in total. The first kappa shape index (κ1) is 17.1. The maximum absolute atomic E-state index is 6.84. The van der Waals surface area contributed by atoms with Crippen molar-refractivity contribution >= 4 is 19.4 Å². The van der Waals surface area contributed by atoms with Crippen LogP contribution >= 0.6 is 0 Å². The fourth-order valence-electron chi connectivity index (χ4n) is 6.13. The van der Waals surface area contributed by atoms with E-state index < -0.39 is 0 Å². The van der Waals surface area contributed by atoms with Gasteiger partial charge in [-0.15, -0.1) is 0 Å². The summed E-state index contributed by atoms with van der Waals surface area (Å²) in [5.41, 5.74) is 3.07. The molecule has 2 aromatic rings. The van der Waals surface area contributed by atoms with Gasteiger partial charge in [0.25, 0.3) is 0 Å². The molecule has 1 saturated heterocycles. The molecule has 2 aromatic carbocycles. The van der Waals surface area contributed by atoms with Crippen molar-refractivity contribution in [2.24, 2.45) is 5.92 Å². The van der Waals surface area contributed by atoms with Crippen LogP contribution in [0.3, 0.4) is 0 Å². The van der Waals surface area contributed by atoms with E-state index in [1.807, 2.05) is 0 Å². The second-order valence-corrected chi connectivity index (χ2v) is 11.1. The topological polar surface area (TPSA) is 21.7 Å². The normalized spacial score (nSPS) is 34.6. The molecule has 2 heterocycles. The van der Waals surface area contributed by atoms with Crippen LogP contribution in [0.2, 0.25) is 4.82 Å². The third-order valence-corrected chi connectivity index (χ3v) is 9.91. The molecule has 0 aromatic heterocycles. The minimum atomic E-state index is 0.116. The molecule has 4 heteroatoms. The third-order valence-electron chi connectivity index (χ3n) is 7.35. The molecule has 4 aliphatic rings. The molecular weight excluding hydrogens is 413 g/mol. The van der Waals surface area contributed by atoms with Crippen molar-refractivity contribution in [2.75, 3.05) is 20.7 Å². The van der Waals surface area contributed by atoms with Crippen LogP contribution in [0.1, 0.15) is 17.5 Å². The van der Waals surface area contributed by atoms with Crippen LogP contribution in [0.25, 0.3) is 0 Å². The number of rotatable bonds is 3. The van der Waals surface area contributed by atoms with Crippen molar-refractivity contribution in [1.82, 2.24) is 4.90 Å². The summed E-state index contributed by atoms with van der Waals surface area (Å²) in [6, 6.07) is 15.9. The number of hydrogen-bond acceptors (Lipinski definition) is 3. The Hall–Kier alpha value is -1.74. The van der Waals surface area contributed by atoms with E-state index in [2.05, 4.69) is 66.6 Å². The van der Waals surface area contributed by atoms with Crippen LogP contribution in [-0.2, 0) is 11.8 Å². The van der Waals surface area contributed by atoms with Gasteiger partial charge >= 0.3 is 173 Å². The summed E-state index contributed by atoms with van der Waals surface area (Å²) in [7, 11) is 4.06. The first-order valence-corrected chi connectivity index (χ1v) is 12.0. The zero-order valence-electron chi connectivity index (χ0n) is 16.3. The molecule has 3 nitrogen and oxygen atoms in total. The molecule has 0 radical (unpaired) electrons. The van der Waals surface area contributed by atoms with Crippen LogP contribution < -0.4 is 13.9 Å². The van der Waals surface area contributed by atoms with E-state index in [0.29, 0.717) is 31.7 Å². The number of hydrogen-bond donors (Lipinski definition) is 0. The number of benzene rings is 2. The molecule has 1 fully saturated rings. The number of likely N-dealkylation sites (tertiary alicyclic amines) is 1. The first-order chi connectivity index (χ1) is 13.7. The Kier molecular flexibility index (Phi) is 3.75. The van der Waals surface area contributed by atoms with Crippen LogP contribution in [0, 0.1) is 5.92 Å². The van der Waals surface area contributed by atoms with E-state index >= 15 is 0 Å². The van der Waals surface area contributed by atoms with Crippen molar-refractivity contribution in [3.05, 3.63) is 65.7 Å². The van der Waals surface area contributed by atoms with Gasteiger partial charge in [-0.1, -0.05) is 0 Å². The van der Waals surface area contributed by atoms with E-state index in [1.165, 1.54) is 22.0 Å². The Labute approximate surface area is 172 Å². The molecule has 2 aliphatic carbocycles. The minimum absolute atomic E-state index is 0.116.